The lowest BCUT2D eigenvalue weighted by Gasteiger charge is -2.18. The number of fused-ring (bicyclic) bond motifs is 2. The van der Waals surface area contributed by atoms with Crippen LogP contribution in [0.15, 0.2) is 72.9 Å². The van der Waals surface area contributed by atoms with Crippen LogP contribution in [0.2, 0.25) is 0 Å². The lowest BCUT2D eigenvalue weighted by atomic mass is 10.00. The van der Waals surface area contributed by atoms with E-state index in [0.29, 0.717) is 12.0 Å². The first kappa shape index (κ1) is 16.6. The largest absolute Gasteiger partial charge is 0.344 e. The third-order valence-corrected chi connectivity index (χ3v) is 5.40. The molecule has 0 aliphatic rings. The molecule has 1 heterocycles. The van der Waals surface area contributed by atoms with Crippen LogP contribution in [0.4, 0.5) is 0 Å². The van der Waals surface area contributed by atoms with E-state index >= 15 is 0 Å². The molecule has 26 heavy (non-hydrogen) atoms. The topological polar surface area (TPSA) is 22.0 Å². The van der Waals surface area contributed by atoms with Gasteiger partial charge < -0.3 is 4.57 Å². The van der Waals surface area contributed by atoms with Crippen LogP contribution in [0.5, 0.6) is 0 Å². The fourth-order valence-electron chi connectivity index (χ4n) is 3.53. The minimum atomic E-state index is 0.0849. The third kappa shape index (κ3) is 2.72. The summed E-state index contributed by atoms with van der Waals surface area (Å²) in [6.45, 7) is 6.63. The molecule has 0 fully saturated rings. The maximum Gasteiger partial charge on any atom is 0.195 e. The summed E-state index contributed by atoms with van der Waals surface area (Å²) in [5, 5.41) is 3.27. The number of carbonyl (C=O) groups is 1. The van der Waals surface area contributed by atoms with E-state index < -0.39 is 0 Å². The van der Waals surface area contributed by atoms with Gasteiger partial charge in [0.05, 0.1) is 0 Å². The summed E-state index contributed by atoms with van der Waals surface area (Å²) >= 11 is 0. The first-order valence-corrected chi connectivity index (χ1v) is 9.19. The van der Waals surface area contributed by atoms with Gasteiger partial charge in [0, 0.05) is 34.3 Å². The Morgan fingerprint density at radius 1 is 0.846 bits per heavy atom. The van der Waals surface area contributed by atoms with Gasteiger partial charge in [-0.05, 0) is 35.7 Å². The zero-order chi connectivity index (χ0) is 18.3. The van der Waals surface area contributed by atoms with Crippen LogP contribution in [-0.4, -0.2) is 10.4 Å². The van der Waals surface area contributed by atoms with Crippen LogP contribution in [0.1, 0.15) is 42.7 Å². The van der Waals surface area contributed by atoms with Gasteiger partial charge in [-0.1, -0.05) is 68.4 Å². The van der Waals surface area contributed by atoms with Gasteiger partial charge in [-0.3, -0.25) is 4.79 Å². The van der Waals surface area contributed by atoms with Crippen molar-refractivity contribution in [1.82, 2.24) is 4.57 Å². The number of aromatic nitrogens is 1. The van der Waals surface area contributed by atoms with Crippen LogP contribution in [0, 0.1) is 5.92 Å². The summed E-state index contributed by atoms with van der Waals surface area (Å²) in [6, 6.07) is 22.6. The van der Waals surface area contributed by atoms with Crippen LogP contribution >= 0.6 is 0 Å². The zero-order valence-electron chi connectivity index (χ0n) is 15.4. The van der Waals surface area contributed by atoms with Crippen LogP contribution in [0.25, 0.3) is 21.7 Å². The summed E-state index contributed by atoms with van der Waals surface area (Å²) in [5.74, 6) is 0.580. The predicted octanol–water partition coefficient (Wildman–Crippen LogP) is 6.24. The smallest absolute Gasteiger partial charge is 0.195 e. The Kier molecular flexibility index (Phi) is 4.12. The summed E-state index contributed by atoms with van der Waals surface area (Å²) in [5.41, 5.74) is 2.64. The molecule has 0 spiro atoms. The Balaban J connectivity index is 1.86. The highest BCUT2D eigenvalue weighted by Gasteiger charge is 2.20. The first-order chi connectivity index (χ1) is 12.6. The van der Waals surface area contributed by atoms with E-state index in [1.165, 1.54) is 0 Å². The van der Waals surface area contributed by atoms with E-state index in [9.17, 15) is 4.79 Å². The lowest BCUT2D eigenvalue weighted by molar-refractivity contribution is 0.104. The maximum atomic E-state index is 13.3. The molecule has 0 saturated carbocycles. The standard InChI is InChI=1S/C24H23NO/c1-16(2)17(3)25-15-22(21-10-6-7-11-23(21)25)24(26)20-13-12-18-8-4-5-9-19(18)14-20/h4-17H,1-3H3. The number of para-hydroxylation sites is 1. The Hall–Kier alpha value is -2.87. The summed E-state index contributed by atoms with van der Waals surface area (Å²) in [6.07, 6.45) is 2.03. The SMILES string of the molecule is CC(C)C(C)n1cc(C(=O)c2ccc3ccccc3c2)c2ccccc21. The molecule has 1 unspecified atom stereocenters. The Morgan fingerprint density at radius 3 is 2.31 bits per heavy atom. The number of hydrogen-bond acceptors (Lipinski definition) is 1. The van der Waals surface area contributed by atoms with Crippen molar-refractivity contribution in [3.8, 4) is 0 Å². The average molecular weight is 341 g/mol. The van der Waals surface area contributed by atoms with Crippen molar-refractivity contribution in [2.75, 3.05) is 0 Å². The van der Waals surface area contributed by atoms with E-state index in [2.05, 4.69) is 43.5 Å². The van der Waals surface area contributed by atoms with Crippen molar-refractivity contribution >= 4 is 27.5 Å². The molecule has 0 saturated heterocycles. The van der Waals surface area contributed by atoms with Gasteiger partial charge in [0.2, 0.25) is 0 Å². The van der Waals surface area contributed by atoms with Gasteiger partial charge in [-0.2, -0.15) is 0 Å². The fraction of sp³-hybridized carbons (Fsp3) is 0.208. The molecule has 1 atom stereocenters. The molecule has 3 aromatic carbocycles. The second-order valence-electron chi connectivity index (χ2n) is 7.34. The van der Waals surface area contributed by atoms with Gasteiger partial charge in [-0.25, -0.2) is 0 Å². The highest BCUT2D eigenvalue weighted by molar-refractivity contribution is 6.17. The van der Waals surface area contributed by atoms with Crippen molar-refractivity contribution < 1.29 is 4.79 Å². The highest BCUT2D eigenvalue weighted by Crippen LogP contribution is 2.30. The fourth-order valence-corrected chi connectivity index (χ4v) is 3.53. The Labute approximate surface area is 154 Å². The van der Waals surface area contributed by atoms with Gasteiger partial charge in [0.25, 0.3) is 0 Å². The molecule has 0 N–H and O–H groups in total. The third-order valence-electron chi connectivity index (χ3n) is 5.40. The number of rotatable bonds is 4. The molecule has 0 amide bonds. The average Bonchev–Trinajstić information content (AvgIpc) is 3.06. The molecular formula is C24H23NO. The number of ketones is 1. The lowest BCUT2D eigenvalue weighted by Crippen LogP contribution is -2.10. The monoisotopic (exact) mass is 341 g/mol. The quantitative estimate of drug-likeness (QED) is 0.403. The van der Waals surface area contributed by atoms with Crippen LogP contribution in [-0.2, 0) is 0 Å². The zero-order valence-corrected chi connectivity index (χ0v) is 15.4. The van der Waals surface area contributed by atoms with Gasteiger partial charge in [0.1, 0.15) is 0 Å². The summed E-state index contributed by atoms with van der Waals surface area (Å²) in [4.78, 5) is 13.3. The van der Waals surface area contributed by atoms with E-state index in [1.54, 1.807) is 0 Å². The molecular weight excluding hydrogens is 318 g/mol. The van der Waals surface area contributed by atoms with Crippen molar-refractivity contribution in [1.29, 1.82) is 0 Å². The molecule has 4 rings (SSSR count). The Morgan fingerprint density at radius 2 is 1.54 bits per heavy atom. The van der Waals surface area contributed by atoms with Crippen molar-refractivity contribution in [2.24, 2.45) is 5.92 Å². The number of carbonyl (C=O) groups excluding carboxylic acids is 1. The van der Waals surface area contributed by atoms with Crippen molar-refractivity contribution in [3.05, 3.63) is 84.1 Å². The molecule has 2 heteroatoms. The molecule has 4 aromatic rings. The molecule has 0 aliphatic heterocycles. The molecule has 0 bridgehead atoms. The first-order valence-electron chi connectivity index (χ1n) is 9.19. The Bertz CT molecular complexity index is 1100. The van der Waals surface area contributed by atoms with Gasteiger partial charge >= 0.3 is 0 Å². The summed E-state index contributed by atoms with van der Waals surface area (Å²) < 4.78 is 2.24. The molecule has 2 nitrogen and oxygen atoms in total. The molecule has 0 radical (unpaired) electrons. The summed E-state index contributed by atoms with van der Waals surface area (Å²) in [7, 11) is 0. The number of nitrogens with zero attached hydrogens (tertiary/aromatic N) is 1. The number of hydrogen-bond donors (Lipinski definition) is 0. The molecule has 130 valence electrons. The predicted molar refractivity (Wildman–Crippen MR) is 109 cm³/mol. The second kappa shape index (κ2) is 6.45. The van der Waals surface area contributed by atoms with E-state index in [4.69, 9.17) is 0 Å². The highest BCUT2D eigenvalue weighted by atomic mass is 16.1. The van der Waals surface area contributed by atoms with Crippen molar-refractivity contribution in [3.63, 3.8) is 0 Å². The molecule has 0 aliphatic carbocycles. The normalized spacial score (nSPS) is 12.8. The number of benzene rings is 3. The van der Waals surface area contributed by atoms with Crippen LogP contribution in [0.3, 0.4) is 0 Å². The van der Waals surface area contributed by atoms with Crippen LogP contribution < -0.4 is 0 Å². The van der Waals surface area contributed by atoms with Crippen molar-refractivity contribution in [2.45, 2.75) is 26.8 Å². The minimum Gasteiger partial charge on any atom is -0.344 e. The van der Waals surface area contributed by atoms with Gasteiger partial charge in [-0.15, -0.1) is 0 Å². The molecule has 1 aromatic heterocycles. The maximum absolute atomic E-state index is 13.3. The van der Waals surface area contributed by atoms with E-state index in [-0.39, 0.29) is 5.78 Å². The second-order valence-corrected chi connectivity index (χ2v) is 7.34. The van der Waals surface area contributed by atoms with Gasteiger partial charge in [0.15, 0.2) is 5.78 Å². The van der Waals surface area contributed by atoms with E-state index in [1.807, 2.05) is 54.7 Å². The van der Waals surface area contributed by atoms with E-state index in [0.717, 1.165) is 32.8 Å². The minimum absolute atomic E-state index is 0.0849.